The van der Waals surface area contributed by atoms with E-state index in [1.807, 2.05) is 72.2 Å². The van der Waals surface area contributed by atoms with Gasteiger partial charge < -0.3 is 9.80 Å². The summed E-state index contributed by atoms with van der Waals surface area (Å²) < 4.78 is 13.4. The van der Waals surface area contributed by atoms with Gasteiger partial charge in [-0.1, -0.05) is 48.0 Å². The number of benzene rings is 3. The summed E-state index contributed by atoms with van der Waals surface area (Å²) >= 11 is 0. The third-order valence-corrected chi connectivity index (χ3v) is 6.59. The fraction of sp³-hybridized carbons (Fsp3) is 0.310. The van der Waals surface area contributed by atoms with Crippen LogP contribution in [0.3, 0.4) is 0 Å². The topological polar surface area (TPSA) is 43.9 Å². The number of carbonyl (C=O) groups excluding carboxylic acids is 2. The van der Waals surface area contributed by atoms with Gasteiger partial charge in [0.25, 0.3) is 11.8 Å². The minimum absolute atomic E-state index is 0.0272. The number of rotatable bonds is 7. The van der Waals surface area contributed by atoms with Crippen LogP contribution in [-0.4, -0.2) is 65.8 Å². The van der Waals surface area contributed by atoms with Crippen LogP contribution in [0.1, 0.15) is 37.4 Å². The fourth-order valence-electron chi connectivity index (χ4n) is 4.36. The quantitative estimate of drug-likeness (QED) is 0.506. The zero-order chi connectivity index (χ0) is 24.8. The lowest BCUT2D eigenvalue weighted by atomic mass is 10.1. The Morgan fingerprint density at radius 3 is 2.17 bits per heavy atom. The molecule has 0 atom stereocenters. The van der Waals surface area contributed by atoms with E-state index in [9.17, 15) is 14.0 Å². The number of hydrogen-bond donors (Lipinski definition) is 0. The highest BCUT2D eigenvalue weighted by Gasteiger charge is 2.24. The van der Waals surface area contributed by atoms with Crippen LogP contribution >= 0.6 is 0 Å². The molecule has 4 rings (SSSR count). The van der Waals surface area contributed by atoms with Crippen molar-refractivity contribution < 1.29 is 14.0 Å². The van der Waals surface area contributed by atoms with Crippen LogP contribution in [0, 0.1) is 19.7 Å². The van der Waals surface area contributed by atoms with Crippen molar-refractivity contribution >= 4 is 11.8 Å². The Hall–Kier alpha value is -3.51. The molecule has 0 unspecified atom stereocenters. The summed E-state index contributed by atoms with van der Waals surface area (Å²) in [6.07, 6.45) is 0. The smallest absolute Gasteiger partial charge is 0.254 e. The Labute approximate surface area is 206 Å². The second kappa shape index (κ2) is 11.3. The predicted octanol–water partition coefficient (Wildman–Crippen LogP) is 4.54. The highest BCUT2D eigenvalue weighted by molar-refractivity contribution is 5.95. The maximum Gasteiger partial charge on any atom is 0.254 e. The molecule has 0 aromatic heterocycles. The van der Waals surface area contributed by atoms with Crippen molar-refractivity contribution in [3.63, 3.8) is 0 Å². The molecule has 3 aromatic carbocycles. The summed E-state index contributed by atoms with van der Waals surface area (Å²) in [5.41, 5.74) is 4.37. The van der Waals surface area contributed by atoms with Crippen molar-refractivity contribution in [3.05, 3.63) is 106 Å². The normalized spacial score (nSPS) is 14.1. The average molecular weight is 474 g/mol. The third kappa shape index (κ3) is 6.34. The molecule has 0 saturated carbocycles. The Morgan fingerprint density at radius 1 is 0.857 bits per heavy atom. The molecule has 1 aliphatic rings. The molecule has 182 valence electrons. The van der Waals surface area contributed by atoms with Gasteiger partial charge in [0.05, 0.1) is 0 Å². The van der Waals surface area contributed by atoms with Gasteiger partial charge in [-0.25, -0.2) is 4.39 Å². The molecule has 0 radical (unpaired) electrons. The van der Waals surface area contributed by atoms with E-state index < -0.39 is 0 Å². The molecule has 1 aliphatic heterocycles. The van der Waals surface area contributed by atoms with Crippen LogP contribution in [0.2, 0.25) is 0 Å². The lowest BCUT2D eigenvalue weighted by molar-refractivity contribution is 0.0598. The van der Waals surface area contributed by atoms with E-state index in [2.05, 4.69) is 4.90 Å². The van der Waals surface area contributed by atoms with Crippen molar-refractivity contribution in [1.82, 2.24) is 14.7 Å². The molecule has 35 heavy (non-hydrogen) atoms. The molecule has 0 N–H and O–H groups in total. The van der Waals surface area contributed by atoms with Gasteiger partial charge in [-0.2, -0.15) is 0 Å². The van der Waals surface area contributed by atoms with Crippen LogP contribution < -0.4 is 0 Å². The van der Waals surface area contributed by atoms with Gasteiger partial charge in [0.1, 0.15) is 5.82 Å². The van der Waals surface area contributed by atoms with Gasteiger partial charge in [0.15, 0.2) is 0 Å². The zero-order valence-corrected chi connectivity index (χ0v) is 20.4. The van der Waals surface area contributed by atoms with Gasteiger partial charge in [-0.05, 0) is 55.3 Å². The number of piperazine rings is 1. The van der Waals surface area contributed by atoms with Gasteiger partial charge in [-0.3, -0.25) is 14.5 Å². The van der Waals surface area contributed by atoms with E-state index in [1.165, 1.54) is 12.1 Å². The molecular formula is C29H32FN3O2. The summed E-state index contributed by atoms with van der Waals surface area (Å²) in [6.45, 7) is 8.49. The van der Waals surface area contributed by atoms with E-state index in [0.29, 0.717) is 38.3 Å². The summed E-state index contributed by atoms with van der Waals surface area (Å²) in [4.78, 5) is 32.3. The van der Waals surface area contributed by atoms with E-state index in [0.717, 1.165) is 35.3 Å². The molecule has 5 nitrogen and oxygen atoms in total. The second-order valence-electron chi connectivity index (χ2n) is 9.17. The van der Waals surface area contributed by atoms with Crippen LogP contribution in [0.25, 0.3) is 0 Å². The molecule has 6 heteroatoms. The molecule has 3 aromatic rings. The number of amides is 2. The van der Waals surface area contributed by atoms with Crippen LogP contribution in [0.5, 0.6) is 0 Å². The number of carbonyl (C=O) groups is 2. The SMILES string of the molecule is Cc1ccc(C(=O)N2CCN(CCN(Cc3ccc(F)cc3)C(=O)c3ccccc3C)CC2)cc1. The first kappa shape index (κ1) is 24.6. The standard InChI is InChI=1S/C29H32FN3O2/c1-22-7-11-25(12-8-22)28(34)32-18-15-31(16-19-32)17-20-33(21-24-9-13-26(30)14-10-24)29(35)27-6-4-3-5-23(27)2/h3-14H,15-21H2,1-2H3. The van der Waals surface area contributed by atoms with Gasteiger partial charge in [-0.15, -0.1) is 0 Å². The predicted molar refractivity (Wildman–Crippen MR) is 136 cm³/mol. The Kier molecular flexibility index (Phi) is 7.93. The lowest BCUT2D eigenvalue weighted by Crippen LogP contribution is -2.50. The average Bonchev–Trinajstić information content (AvgIpc) is 2.88. The van der Waals surface area contributed by atoms with Gasteiger partial charge in [0, 0.05) is 56.9 Å². The van der Waals surface area contributed by atoms with Crippen LogP contribution in [-0.2, 0) is 6.54 Å². The minimum Gasteiger partial charge on any atom is -0.336 e. The first-order chi connectivity index (χ1) is 16.9. The summed E-state index contributed by atoms with van der Waals surface area (Å²) in [5, 5.41) is 0. The summed E-state index contributed by atoms with van der Waals surface area (Å²) in [6, 6.07) is 21.6. The highest BCUT2D eigenvalue weighted by Crippen LogP contribution is 2.15. The highest BCUT2D eigenvalue weighted by atomic mass is 19.1. The number of halogens is 1. The molecule has 1 heterocycles. The van der Waals surface area contributed by atoms with Crippen molar-refractivity contribution in [2.75, 3.05) is 39.3 Å². The van der Waals surface area contributed by atoms with E-state index in [1.54, 1.807) is 12.1 Å². The Balaban J connectivity index is 1.38. The molecule has 1 fully saturated rings. The lowest BCUT2D eigenvalue weighted by Gasteiger charge is -2.36. The van der Waals surface area contributed by atoms with E-state index >= 15 is 0 Å². The number of aryl methyl sites for hydroxylation is 2. The summed E-state index contributed by atoms with van der Waals surface area (Å²) in [5.74, 6) is -0.249. The molecule has 1 saturated heterocycles. The van der Waals surface area contributed by atoms with Crippen molar-refractivity contribution in [1.29, 1.82) is 0 Å². The molecule has 0 bridgehead atoms. The van der Waals surface area contributed by atoms with Crippen LogP contribution in [0.4, 0.5) is 4.39 Å². The molecular weight excluding hydrogens is 441 g/mol. The first-order valence-electron chi connectivity index (χ1n) is 12.1. The fourth-order valence-corrected chi connectivity index (χ4v) is 4.36. The molecule has 0 spiro atoms. The maximum absolute atomic E-state index is 13.4. The largest absolute Gasteiger partial charge is 0.336 e. The number of nitrogens with zero attached hydrogens (tertiary/aromatic N) is 3. The third-order valence-electron chi connectivity index (χ3n) is 6.59. The minimum atomic E-state index is -0.288. The Bertz CT molecular complexity index is 1150. The van der Waals surface area contributed by atoms with Gasteiger partial charge in [0.2, 0.25) is 0 Å². The molecule has 0 aliphatic carbocycles. The first-order valence-corrected chi connectivity index (χ1v) is 12.1. The van der Waals surface area contributed by atoms with Crippen LogP contribution in [0.15, 0.2) is 72.8 Å². The van der Waals surface area contributed by atoms with Crippen molar-refractivity contribution in [3.8, 4) is 0 Å². The van der Waals surface area contributed by atoms with Crippen molar-refractivity contribution in [2.45, 2.75) is 20.4 Å². The monoisotopic (exact) mass is 473 g/mol. The number of hydrogen-bond acceptors (Lipinski definition) is 3. The van der Waals surface area contributed by atoms with Crippen molar-refractivity contribution in [2.24, 2.45) is 0 Å². The zero-order valence-electron chi connectivity index (χ0n) is 20.4. The maximum atomic E-state index is 13.4. The summed E-state index contributed by atoms with van der Waals surface area (Å²) in [7, 11) is 0. The van der Waals surface area contributed by atoms with E-state index in [-0.39, 0.29) is 17.6 Å². The van der Waals surface area contributed by atoms with Gasteiger partial charge >= 0.3 is 0 Å². The van der Waals surface area contributed by atoms with E-state index in [4.69, 9.17) is 0 Å². The molecule has 2 amide bonds. The second-order valence-corrected chi connectivity index (χ2v) is 9.17. The Morgan fingerprint density at radius 2 is 1.51 bits per heavy atom.